The third-order valence-corrected chi connectivity index (χ3v) is 5.09. The average Bonchev–Trinajstić information content (AvgIpc) is 2.80. The number of anilines is 2. The maximum atomic E-state index is 14.2. The van der Waals surface area contributed by atoms with Crippen molar-refractivity contribution in [3.8, 4) is 0 Å². The highest BCUT2D eigenvalue weighted by Gasteiger charge is 2.84. The van der Waals surface area contributed by atoms with Gasteiger partial charge in [-0.2, -0.15) is 35.1 Å². The lowest BCUT2D eigenvalue weighted by molar-refractivity contribution is -0.385. The summed E-state index contributed by atoms with van der Waals surface area (Å²) in [5, 5.41) is 23.6. The fourth-order valence-corrected chi connectivity index (χ4v) is 2.88. The van der Waals surface area contributed by atoms with Crippen LogP contribution in [0.1, 0.15) is 11.1 Å². The van der Waals surface area contributed by atoms with E-state index in [4.69, 9.17) is 0 Å². The molecule has 0 aliphatic rings. The molecule has 0 heterocycles. The fourth-order valence-electron chi connectivity index (χ4n) is 2.88. The molecule has 0 bridgehead atoms. The zero-order valence-corrected chi connectivity index (χ0v) is 18.8. The smallest absolute Gasteiger partial charge is 0.320 e. The van der Waals surface area contributed by atoms with E-state index in [1.54, 1.807) is 0 Å². The Morgan fingerprint density at radius 2 is 0.947 bits per heavy atom. The largest absolute Gasteiger partial charge is 0.393 e. The lowest BCUT2D eigenvalue weighted by atomic mass is 9.97. The SMILES string of the molecule is Cc1cc([N+](=O)[O-])ccc1NC(=O)C(F)(F)C(F)(F)C(F)(F)C(F)(F)C(=O)Nc1ccc([N+](=O)[O-])cc1C. The summed E-state index contributed by atoms with van der Waals surface area (Å²) in [4.78, 5) is 43.1. The van der Waals surface area contributed by atoms with Gasteiger partial charge in [0.1, 0.15) is 0 Å². The molecular formula is C20H14F8N4O6. The van der Waals surface area contributed by atoms with Crippen LogP contribution >= 0.6 is 0 Å². The highest BCUT2D eigenvalue weighted by atomic mass is 19.4. The lowest BCUT2D eigenvalue weighted by Crippen LogP contribution is -2.67. The van der Waals surface area contributed by atoms with E-state index in [1.807, 2.05) is 0 Å². The first-order valence-corrected chi connectivity index (χ1v) is 9.82. The maximum absolute atomic E-state index is 14.2. The quantitative estimate of drug-likeness (QED) is 0.245. The number of carbonyl (C=O) groups excluding carboxylic acids is 2. The Labute approximate surface area is 205 Å². The van der Waals surface area contributed by atoms with Gasteiger partial charge in [0.15, 0.2) is 0 Å². The summed E-state index contributed by atoms with van der Waals surface area (Å²) in [6.45, 7) is 1.98. The minimum absolute atomic E-state index is 0.346. The molecule has 0 spiro atoms. The monoisotopic (exact) mass is 558 g/mol. The fraction of sp³-hybridized carbons (Fsp3) is 0.300. The number of nitrogens with one attached hydrogen (secondary N) is 2. The Hall–Kier alpha value is -4.38. The summed E-state index contributed by atoms with van der Waals surface area (Å²) >= 11 is 0. The number of benzene rings is 2. The van der Waals surface area contributed by atoms with Gasteiger partial charge in [0, 0.05) is 35.6 Å². The van der Waals surface area contributed by atoms with Crippen LogP contribution in [-0.2, 0) is 9.59 Å². The van der Waals surface area contributed by atoms with Gasteiger partial charge in [-0.1, -0.05) is 0 Å². The number of halogens is 8. The third kappa shape index (κ3) is 5.05. The number of amides is 2. The van der Waals surface area contributed by atoms with Crippen molar-refractivity contribution in [3.05, 3.63) is 67.8 Å². The first-order chi connectivity index (χ1) is 17.2. The third-order valence-electron chi connectivity index (χ3n) is 5.09. The summed E-state index contributed by atoms with van der Waals surface area (Å²) in [7, 11) is 0. The Balaban J connectivity index is 2.36. The van der Waals surface area contributed by atoms with E-state index in [9.17, 15) is 64.9 Å². The van der Waals surface area contributed by atoms with Crippen molar-refractivity contribution in [2.75, 3.05) is 10.6 Å². The minimum Gasteiger partial charge on any atom is -0.320 e. The van der Waals surface area contributed by atoms with Gasteiger partial charge in [-0.3, -0.25) is 29.8 Å². The van der Waals surface area contributed by atoms with Crippen LogP contribution in [0.4, 0.5) is 57.9 Å². The standard InChI is InChI=1S/C20H14F8N4O6/c1-9-7-11(31(35)36)3-5-13(9)29-15(33)17(21,22)19(25,26)20(27,28)18(23,24)16(34)30-14-6-4-12(32(37)38)8-10(14)2/h3-8H,1-2H3,(H,29,33)(H,30,34). The van der Waals surface area contributed by atoms with Crippen LogP contribution in [0.2, 0.25) is 0 Å². The number of nitrogens with zero attached hydrogens (tertiary/aromatic N) is 2. The molecule has 0 atom stereocenters. The number of aryl methyl sites for hydroxylation is 2. The molecule has 0 radical (unpaired) electrons. The molecular weight excluding hydrogens is 544 g/mol. The van der Waals surface area contributed by atoms with E-state index in [2.05, 4.69) is 0 Å². The zero-order chi connectivity index (χ0) is 29.4. The van der Waals surface area contributed by atoms with E-state index in [0.29, 0.717) is 36.4 Å². The molecule has 2 aromatic rings. The van der Waals surface area contributed by atoms with Gasteiger partial charge >= 0.3 is 35.5 Å². The van der Waals surface area contributed by atoms with E-state index >= 15 is 0 Å². The highest BCUT2D eigenvalue weighted by Crippen LogP contribution is 2.53. The van der Waals surface area contributed by atoms with Gasteiger partial charge in [0.25, 0.3) is 11.4 Å². The van der Waals surface area contributed by atoms with Gasteiger partial charge in [-0.05, 0) is 37.1 Å². The average molecular weight is 558 g/mol. The topological polar surface area (TPSA) is 144 Å². The normalized spacial score (nSPS) is 12.6. The minimum atomic E-state index is -7.16. The molecule has 2 rings (SSSR count). The van der Waals surface area contributed by atoms with E-state index < -0.39 is 68.1 Å². The highest BCUT2D eigenvalue weighted by molar-refractivity contribution is 5.99. The number of rotatable bonds is 9. The lowest BCUT2D eigenvalue weighted by Gasteiger charge is -2.35. The number of nitro groups is 2. The van der Waals surface area contributed by atoms with Crippen molar-refractivity contribution in [2.24, 2.45) is 0 Å². The Bertz CT molecular complexity index is 1220. The molecule has 0 fully saturated rings. The molecule has 0 aromatic heterocycles. The number of carbonyl (C=O) groups is 2. The first-order valence-electron chi connectivity index (χ1n) is 9.82. The van der Waals surface area contributed by atoms with Crippen molar-refractivity contribution < 1.29 is 54.6 Å². The maximum Gasteiger partial charge on any atom is 0.393 e. The van der Waals surface area contributed by atoms with Gasteiger partial charge in [-0.15, -0.1) is 0 Å². The molecule has 10 nitrogen and oxygen atoms in total. The van der Waals surface area contributed by atoms with E-state index in [1.165, 1.54) is 0 Å². The molecule has 0 aliphatic heterocycles. The summed E-state index contributed by atoms with van der Waals surface area (Å²) in [6.07, 6.45) is 0. The predicted octanol–water partition coefficient (Wildman–Crippen LogP) is 5.24. The van der Waals surface area contributed by atoms with Crippen molar-refractivity contribution in [3.63, 3.8) is 0 Å². The number of alkyl halides is 8. The summed E-state index contributed by atoms with van der Waals surface area (Å²) < 4.78 is 114. The molecule has 38 heavy (non-hydrogen) atoms. The summed E-state index contributed by atoms with van der Waals surface area (Å²) in [6, 6.07) is 3.91. The van der Waals surface area contributed by atoms with Crippen LogP contribution in [0.3, 0.4) is 0 Å². The number of nitro benzene ring substituents is 2. The first kappa shape index (κ1) is 29.8. The molecule has 206 valence electrons. The van der Waals surface area contributed by atoms with Crippen molar-refractivity contribution in [2.45, 2.75) is 37.5 Å². The summed E-state index contributed by atoms with van der Waals surface area (Å²) in [5.74, 6) is -33.8. The van der Waals surface area contributed by atoms with Crippen LogP contribution in [0, 0.1) is 34.1 Å². The van der Waals surface area contributed by atoms with Gasteiger partial charge in [0.05, 0.1) is 9.85 Å². The Morgan fingerprint density at radius 3 is 1.18 bits per heavy atom. The van der Waals surface area contributed by atoms with Crippen molar-refractivity contribution >= 4 is 34.6 Å². The molecule has 0 saturated carbocycles. The van der Waals surface area contributed by atoms with Crippen LogP contribution in [-0.4, -0.2) is 45.4 Å². The van der Waals surface area contributed by atoms with Gasteiger partial charge in [0.2, 0.25) is 0 Å². The molecule has 0 aliphatic carbocycles. The van der Waals surface area contributed by atoms with Gasteiger partial charge in [-0.25, -0.2) is 0 Å². The van der Waals surface area contributed by atoms with Crippen LogP contribution in [0.25, 0.3) is 0 Å². The number of hydrogen-bond acceptors (Lipinski definition) is 6. The van der Waals surface area contributed by atoms with Crippen LogP contribution in [0.5, 0.6) is 0 Å². The van der Waals surface area contributed by atoms with Gasteiger partial charge < -0.3 is 10.6 Å². The molecule has 2 aromatic carbocycles. The number of hydrogen-bond donors (Lipinski definition) is 2. The van der Waals surface area contributed by atoms with E-state index in [0.717, 1.165) is 24.5 Å². The Kier molecular flexibility index (Phi) is 7.72. The van der Waals surface area contributed by atoms with Crippen molar-refractivity contribution in [1.82, 2.24) is 0 Å². The molecule has 2 N–H and O–H groups in total. The van der Waals surface area contributed by atoms with Crippen LogP contribution < -0.4 is 10.6 Å². The Morgan fingerprint density at radius 1 is 0.658 bits per heavy atom. The second kappa shape index (κ2) is 9.82. The molecule has 0 saturated heterocycles. The second-order valence-electron chi connectivity index (χ2n) is 7.72. The molecule has 18 heteroatoms. The second-order valence-corrected chi connectivity index (χ2v) is 7.72. The zero-order valence-electron chi connectivity index (χ0n) is 18.8. The molecule has 0 unspecified atom stereocenters. The summed E-state index contributed by atoms with van der Waals surface area (Å²) in [5.41, 5.74) is -3.45. The van der Waals surface area contributed by atoms with Crippen molar-refractivity contribution in [1.29, 1.82) is 0 Å². The van der Waals surface area contributed by atoms with Crippen LogP contribution in [0.15, 0.2) is 36.4 Å². The van der Waals surface area contributed by atoms with E-state index in [-0.39, 0.29) is 11.1 Å². The predicted molar refractivity (Wildman–Crippen MR) is 113 cm³/mol. The molecule has 2 amide bonds. The number of non-ortho nitro benzene ring substituents is 2.